The summed E-state index contributed by atoms with van der Waals surface area (Å²) in [6.45, 7) is 0. The van der Waals surface area contributed by atoms with Gasteiger partial charge in [-0.3, -0.25) is 4.98 Å². The normalized spacial score (nSPS) is 10.8. The lowest BCUT2D eigenvalue weighted by Crippen LogP contribution is -1.91. The molecule has 0 saturated heterocycles. The molecule has 21 heavy (non-hydrogen) atoms. The SMILES string of the molecule is COc1cccc(Sc2ccc(N)c3cc(Br)cnc23)c1. The van der Waals surface area contributed by atoms with Gasteiger partial charge < -0.3 is 10.5 Å². The van der Waals surface area contributed by atoms with E-state index >= 15 is 0 Å². The van der Waals surface area contributed by atoms with Gasteiger partial charge in [0.15, 0.2) is 0 Å². The molecule has 0 saturated carbocycles. The number of rotatable bonds is 3. The molecule has 0 amide bonds. The smallest absolute Gasteiger partial charge is 0.119 e. The van der Waals surface area contributed by atoms with Gasteiger partial charge >= 0.3 is 0 Å². The monoisotopic (exact) mass is 360 g/mol. The van der Waals surface area contributed by atoms with E-state index in [9.17, 15) is 0 Å². The third kappa shape index (κ3) is 2.99. The van der Waals surface area contributed by atoms with Crippen LogP contribution in [-0.4, -0.2) is 12.1 Å². The Morgan fingerprint density at radius 2 is 2.05 bits per heavy atom. The van der Waals surface area contributed by atoms with Crippen LogP contribution in [0.3, 0.4) is 0 Å². The van der Waals surface area contributed by atoms with Crippen molar-refractivity contribution in [1.29, 1.82) is 0 Å². The van der Waals surface area contributed by atoms with Gasteiger partial charge in [0.05, 0.1) is 12.6 Å². The topological polar surface area (TPSA) is 48.1 Å². The fourth-order valence-corrected chi connectivity index (χ4v) is 3.37. The van der Waals surface area contributed by atoms with Crippen LogP contribution in [0, 0.1) is 0 Å². The predicted molar refractivity (Wildman–Crippen MR) is 91.0 cm³/mol. The average Bonchev–Trinajstić information content (AvgIpc) is 2.50. The number of halogens is 1. The van der Waals surface area contributed by atoms with Crippen LogP contribution < -0.4 is 10.5 Å². The Balaban J connectivity index is 2.06. The summed E-state index contributed by atoms with van der Waals surface area (Å²) >= 11 is 5.08. The Kier molecular flexibility index (Phi) is 4.03. The van der Waals surface area contributed by atoms with Crippen molar-refractivity contribution in [2.45, 2.75) is 9.79 Å². The Hall–Kier alpha value is -1.72. The quantitative estimate of drug-likeness (QED) is 0.685. The molecule has 0 aliphatic carbocycles. The van der Waals surface area contributed by atoms with Crippen LogP contribution in [0.1, 0.15) is 0 Å². The fourth-order valence-electron chi connectivity index (χ4n) is 2.06. The first kappa shape index (κ1) is 14.2. The Bertz CT molecular complexity index is 807. The number of aromatic nitrogens is 1. The van der Waals surface area contributed by atoms with E-state index in [0.717, 1.165) is 36.6 Å². The van der Waals surface area contributed by atoms with Crippen molar-refractivity contribution < 1.29 is 4.74 Å². The minimum atomic E-state index is 0.730. The first-order valence-corrected chi connectivity index (χ1v) is 7.94. The number of hydrogen-bond donors (Lipinski definition) is 1. The van der Waals surface area contributed by atoms with Gasteiger partial charge in [-0.05, 0) is 52.3 Å². The van der Waals surface area contributed by atoms with Crippen molar-refractivity contribution in [3.8, 4) is 5.75 Å². The molecule has 3 nitrogen and oxygen atoms in total. The highest BCUT2D eigenvalue weighted by molar-refractivity contribution is 9.10. The summed E-state index contributed by atoms with van der Waals surface area (Å²) in [5, 5.41) is 0.956. The van der Waals surface area contributed by atoms with Gasteiger partial charge in [0.2, 0.25) is 0 Å². The number of anilines is 1. The van der Waals surface area contributed by atoms with Crippen molar-refractivity contribution in [2.24, 2.45) is 0 Å². The summed E-state index contributed by atoms with van der Waals surface area (Å²) in [5.74, 6) is 0.843. The van der Waals surface area contributed by atoms with E-state index in [-0.39, 0.29) is 0 Å². The Morgan fingerprint density at radius 1 is 1.19 bits per heavy atom. The number of ether oxygens (including phenoxy) is 1. The third-order valence-corrected chi connectivity index (χ3v) is 4.55. The summed E-state index contributed by atoms with van der Waals surface area (Å²) in [6.07, 6.45) is 1.79. The van der Waals surface area contributed by atoms with E-state index in [2.05, 4.69) is 20.9 Å². The summed E-state index contributed by atoms with van der Waals surface area (Å²) in [6, 6.07) is 13.9. The number of nitrogen functional groups attached to an aromatic ring is 1. The maximum atomic E-state index is 6.04. The summed E-state index contributed by atoms with van der Waals surface area (Å²) in [4.78, 5) is 6.67. The molecule has 2 aromatic carbocycles. The summed E-state index contributed by atoms with van der Waals surface area (Å²) < 4.78 is 6.18. The molecule has 106 valence electrons. The maximum Gasteiger partial charge on any atom is 0.119 e. The number of benzene rings is 2. The van der Waals surface area contributed by atoms with Gasteiger partial charge in [0.1, 0.15) is 5.75 Å². The van der Waals surface area contributed by atoms with Crippen LogP contribution in [0.5, 0.6) is 5.75 Å². The highest BCUT2D eigenvalue weighted by atomic mass is 79.9. The number of fused-ring (bicyclic) bond motifs is 1. The molecule has 3 aromatic rings. The summed E-state index contributed by atoms with van der Waals surface area (Å²) in [5.41, 5.74) is 7.68. The zero-order valence-corrected chi connectivity index (χ0v) is 13.7. The second-order valence-electron chi connectivity index (χ2n) is 4.48. The van der Waals surface area contributed by atoms with Crippen LogP contribution in [0.2, 0.25) is 0 Å². The number of nitrogens with two attached hydrogens (primary N) is 1. The van der Waals surface area contributed by atoms with Crippen LogP contribution in [-0.2, 0) is 0 Å². The first-order chi connectivity index (χ1) is 10.2. The van der Waals surface area contributed by atoms with E-state index < -0.39 is 0 Å². The molecule has 2 N–H and O–H groups in total. The van der Waals surface area contributed by atoms with Crippen molar-refractivity contribution in [3.05, 3.63) is 53.1 Å². The molecule has 5 heteroatoms. The standard InChI is InChI=1S/C16H13BrN2OS/c1-20-11-3-2-4-12(8-11)21-15-6-5-14(18)13-7-10(17)9-19-16(13)15/h2-9H,18H2,1H3. The van der Waals surface area contributed by atoms with Crippen LogP contribution >= 0.6 is 27.7 Å². The van der Waals surface area contributed by atoms with Crippen molar-refractivity contribution >= 4 is 44.3 Å². The number of methoxy groups -OCH3 is 1. The number of hydrogen-bond acceptors (Lipinski definition) is 4. The van der Waals surface area contributed by atoms with Crippen LogP contribution in [0.4, 0.5) is 5.69 Å². The van der Waals surface area contributed by atoms with Gasteiger partial charge in [0.25, 0.3) is 0 Å². The van der Waals surface area contributed by atoms with Gasteiger partial charge in [-0.25, -0.2) is 0 Å². The lowest BCUT2D eigenvalue weighted by atomic mass is 10.2. The van der Waals surface area contributed by atoms with E-state index in [0.29, 0.717) is 0 Å². The van der Waals surface area contributed by atoms with Crippen molar-refractivity contribution in [1.82, 2.24) is 4.98 Å². The minimum absolute atomic E-state index is 0.730. The first-order valence-electron chi connectivity index (χ1n) is 6.33. The highest BCUT2D eigenvalue weighted by Crippen LogP contribution is 2.36. The lowest BCUT2D eigenvalue weighted by Gasteiger charge is -2.09. The number of pyridine rings is 1. The van der Waals surface area contributed by atoms with Gasteiger partial charge in [-0.1, -0.05) is 17.8 Å². The lowest BCUT2D eigenvalue weighted by molar-refractivity contribution is 0.413. The molecule has 0 bridgehead atoms. The maximum absolute atomic E-state index is 6.04. The Labute approximate surface area is 135 Å². The minimum Gasteiger partial charge on any atom is -0.497 e. The van der Waals surface area contributed by atoms with E-state index in [4.69, 9.17) is 10.5 Å². The second kappa shape index (κ2) is 5.95. The van der Waals surface area contributed by atoms with Crippen LogP contribution in [0.25, 0.3) is 10.9 Å². The van der Waals surface area contributed by atoms with Gasteiger partial charge in [-0.2, -0.15) is 0 Å². The molecular weight excluding hydrogens is 348 g/mol. The van der Waals surface area contributed by atoms with Crippen molar-refractivity contribution in [2.75, 3.05) is 12.8 Å². The van der Waals surface area contributed by atoms with E-state index in [1.165, 1.54) is 0 Å². The zero-order chi connectivity index (χ0) is 14.8. The molecule has 1 aromatic heterocycles. The average molecular weight is 361 g/mol. The molecule has 0 aliphatic heterocycles. The molecule has 0 radical (unpaired) electrons. The highest BCUT2D eigenvalue weighted by Gasteiger charge is 2.08. The second-order valence-corrected chi connectivity index (χ2v) is 6.51. The predicted octanol–water partition coefficient (Wildman–Crippen LogP) is 4.74. The molecule has 0 spiro atoms. The summed E-state index contributed by atoms with van der Waals surface area (Å²) in [7, 11) is 1.67. The fraction of sp³-hybridized carbons (Fsp3) is 0.0625. The molecule has 1 heterocycles. The molecule has 3 rings (SSSR count). The number of nitrogens with zero attached hydrogens (tertiary/aromatic N) is 1. The van der Waals surface area contributed by atoms with Crippen LogP contribution in [0.15, 0.2) is 62.9 Å². The molecule has 0 atom stereocenters. The molecule has 0 fully saturated rings. The van der Waals surface area contributed by atoms with E-state index in [1.807, 2.05) is 42.5 Å². The Morgan fingerprint density at radius 3 is 2.86 bits per heavy atom. The third-order valence-electron chi connectivity index (χ3n) is 3.08. The molecule has 0 aliphatic rings. The van der Waals surface area contributed by atoms with Gasteiger partial charge in [-0.15, -0.1) is 0 Å². The van der Waals surface area contributed by atoms with Crippen molar-refractivity contribution in [3.63, 3.8) is 0 Å². The van der Waals surface area contributed by atoms with Gasteiger partial charge in [0, 0.05) is 31.5 Å². The zero-order valence-electron chi connectivity index (χ0n) is 11.3. The van der Waals surface area contributed by atoms with E-state index in [1.54, 1.807) is 25.1 Å². The molecule has 0 unspecified atom stereocenters. The largest absolute Gasteiger partial charge is 0.497 e. The molecular formula is C16H13BrN2OS.